The molecule has 0 N–H and O–H groups in total. The van der Waals surface area contributed by atoms with Crippen molar-refractivity contribution in [2.24, 2.45) is 7.05 Å². The highest BCUT2D eigenvalue weighted by molar-refractivity contribution is 6.31. The lowest BCUT2D eigenvalue weighted by Crippen LogP contribution is -1.85. The van der Waals surface area contributed by atoms with Crippen LogP contribution in [0.25, 0.3) is 11.0 Å². The van der Waals surface area contributed by atoms with Crippen molar-refractivity contribution in [3.63, 3.8) is 0 Å². The lowest BCUT2D eigenvalue weighted by molar-refractivity contribution is 0.629. The lowest BCUT2D eigenvalue weighted by atomic mass is 10.3. The van der Waals surface area contributed by atoms with Crippen molar-refractivity contribution in [1.82, 2.24) is 9.55 Å². The fourth-order valence-corrected chi connectivity index (χ4v) is 1.28. The van der Waals surface area contributed by atoms with E-state index in [1.807, 2.05) is 7.05 Å². The third-order valence-electron chi connectivity index (χ3n) is 1.77. The van der Waals surface area contributed by atoms with Crippen LogP contribution < -0.4 is 0 Å². The summed E-state index contributed by atoms with van der Waals surface area (Å²) in [5.74, 6) is -0.409. The predicted octanol–water partition coefficient (Wildman–Crippen LogP) is 2.37. The summed E-state index contributed by atoms with van der Waals surface area (Å²) in [6.45, 7) is 0. The molecule has 0 saturated heterocycles. The van der Waals surface area contributed by atoms with Gasteiger partial charge in [0.15, 0.2) is 0 Å². The van der Waals surface area contributed by atoms with E-state index in [9.17, 15) is 4.39 Å². The Labute approximate surface area is 73.6 Å². The quantitative estimate of drug-likeness (QED) is 0.615. The molecule has 0 atom stereocenters. The molecule has 4 heteroatoms. The van der Waals surface area contributed by atoms with E-state index in [1.165, 1.54) is 12.1 Å². The van der Waals surface area contributed by atoms with Gasteiger partial charge in [-0.25, -0.2) is 9.37 Å². The topological polar surface area (TPSA) is 17.8 Å². The van der Waals surface area contributed by atoms with Crippen molar-refractivity contribution in [1.29, 1.82) is 0 Å². The summed E-state index contributed by atoms with van der Waals surface area (Å²) in [5, 5.41) is 0.112. The number of hydrogen-bond acceptors (Lipinski definition) is 1. The molecule has 0 saturated carbocycles. The van der Waals surface area contributed by atoms with Crippen LogP contribution in [-0.4, -0.2) is 9.55 Å². The van der Waals surface area contributed by atoms with Crippen LogP contribution in [0.15, 0.2) is 18.5 Å². The van der Waals surface area contributed by atoms with Crippen LogP contribution >= 0.6 is 11.6 Å². The van der Waals surface area contributed by atoms with E-state index in [1.54, 1.807) is 10.9 Å². The minimum Gasteiger partial charge on any atom is -0.334 e. The number of aromatic nitrogens is 2. The molecule has 0 bridgehead atoms. The monoisotopic (exact) mass is 184 g/mol. The average molecular weight is 185 g/mol. The highest BCUT2D eigenvalue weighted by atomic mass is 35.5. The fraction of sp³-hybridized carbons (Fsp3) is 0.125. The molecule has 0 aliphatic heterocycles. The molecule has 1 aromatic heterocycles. The second-order valence-corrected chi connectivity index (χ2v) is 3.02. The number of imidazole rings is 1. The van der Waals surface area contributed by atoms with E-state index < -0.39 is 5.82 Å². The minimum absolute atomic E-state index is 0.112. The Morgan fingerprint density at radius 1 is 1.50 bits per heavy atom. The summed E-state index contributed by atoms with van der Waals surface area (Å²) in [7, 11) is 1.81. The molecule has 0 amide bonds. The normalized spacial score (nSPS) is 10.9. The fourth-order valence-electron chi connectivity index (χ4n) is 1.12. The van der Waals surface area contributed by atoms with Crippen LogP contribution in [0.2, 0.25) is 5.02 Å². The Kier molecular flexibility index (Phi) is 1.54. The van der Waals surface area contributed by atoms with Gasteiger partial charge in [-0.1, -0.05) is 11.6 Å². The Bertz CT molecular complexity index is 436. The molecule has 1 aromatic carbocycles. The van der Waals surface area contributed by atoms with E-state index in [2.05, 4.69) is 4.98 Å². The number of fused-ring (bicyclic) bond motifs is 1. The first-order valence-electron chi connectivity index (χ1n) is 3.44. The zero-order chi connectivity index (χ0) is 8.72. The highest BCUT2D eigenvalue weighted by Gasteiger charge is 2.05. The van der Waals surface area contributed by atoms with Gasteiger partial charge in [0.05, 0.1) is 22.4 Å². The molecule has 2 aromatic rings. The number of halogens is 2. The zero-order valence-electron chi connectivity index (χ0n) is 6.38. The highest BCUT2D eigenvalue weighted by Crippen LogP contribution is 2.21. The van der Waals surface area contributed by atoms with Gasteiger partial charge in [0, 0.05) is 13.1 Å². The molecule has 0 unspecified atom stereocenters. The maximum absolute atomic E-state index is 12.9. The molecule has 62 valence electrons. The van der Waals surface area contributed by atoms with Gasteiger partial charge < -0.3 is 4.57 Å². The first-order valence-corrected chi connectivity index (χ1v) is 3.82. The van der Waals surface area contributed by atoms with E-state index in [4.69, 9.17) is 11.6 Å². The van der Waals surface area contributed by atoms with Gasteiger partial charge in [0.2, 0.25) is 0 Å². The maximum Gasteiger partial charge on any atom is 0.144 e. The van der Waals surface area contributed by atoms with Crippen LogP contribution in [0.4, 0.5) is 4.39 Å². The number of nitrogens with zero attached hydrogens (tertiary/aromatic N) is 2. The first-order chi connectivity index (χ1) is 5.68. The van der Waals surface area contributed by atoms with E-state index in [-0.39, 0.29) is 5.02 Å². The van der Waals surface area contributed by atoms with Gasteiger partial charge >= 0.3 is 0 Å². The summed E-state index contributed by atoms with van der Waals surface area (Å²) in [5.41, 5.74) is 1.46. The van der Waals surface area contributed by atoms with E-state index in [0.29, 0.717) is 5.52 Å². The van der Waals surface area contributed by atoms with Crippen molar-refractivity contribution in [2.45, 2.75) is 0 Å². The summed E-state index contributed by atoms with van der Waals surface area (Å²) in [4.78, 5) is 4.03. The van der Waals surface area contributed by atoms with E-state index >= 15 is 0 Å². The van der Waals surface area contributed by atoms with Gasteiger partial charge in [-0.15, -0.1) is 0 Å². The molecule has 0 aliphatic carbocycles. The van der Waals surface area contributed by atoms with Crippen LogP contribution in [0.3, 0.4) is 0 Å². The Balaban J connectivity index is 2.87. The van der Waals surface area contributed by atoms with Crippen LogP contribution in [-0.2, 0) is 7.05 Å². The van der Waals surface area contributed by atoms with Crippen LogP contribution in [0.1, 0.15) is 0 Å². The second-order valence-electron chi connectivity index (χ2n) is 2.61. The molecule has 1 heterocycles. The molecule has 0 aliphatic rings. The van der Waals surface area contributed by atoms with Crippen molar-refractivity contribution in [3.05, 3.63) is 29.3 Å². The van der Waals surface area contributed by atoms with Crippen molar-refractivity contribution in [2.75, 3.05) is 0 Å². The van der Waals surface area contributed by atoms with E-state index in [0.717, 1.165) is 5.52 Å². The summed E-state index contributed by atoms with van der Waals surface area (Å²) >= 11 is 5.57. The van der Waals surface area contributed by atoms with Gasteiger partial charge in [0.1, 0.15) is 5.82 Å². The van der Waals surface area contributed by atoms with Gasteiger partial charge in [0.25, 0.3) is 0 Å². The molecule has 12 heavy (non-hydrogen) atoms. The first kappa shape index (κ1) is 7.55. The largest absolute Gasteiger partial charge is 0.334 e. The van der Waals surface area contributed by atoms with Gasteiger partial charge in [-0.3, -0.25) is 0 Å². The Morgan fingerprint density at radius 2 is 2.25 bits per heavy atom. The van der Waals surface area contributed by atoms with Gasteiger partial charge in [-0.2, -0.15) is 0 Å². The number of benzene rings is 1. The standard InChI is InChI=1S/C8H6ClFN2/c1-12-4-11-7-2-5(9)6(10)3-8(7)12/h2-4H,1H3. The molecular weight excluding hydrogens is 179 g/mol. The molecular formula is C8H6ClFN2. The number of rotatable bonds is 0. The zero-order valence-corrected chi connectivity index (χ0v) is 7.14. The molecule has 2 rings (SSSR count). The SMILES string of the molecule is Cn1cnc2cc(Cl)c(F)cc21. The molecule has 0 radical (unpaired) electrons. The Hall–Kier alpha value is -1.09. The average Bonchev–Trinajstić information content (AvgIpc) is 2.35. The summed E-state index contributed by atoms with van der Waals surface area (Å²) in [6, 6.07) is 2.90. The molecule has 2 nitrogen and oxygen atoms in total. The van der Waals surface area contributed by atoms with Crippen molar-refractivity contribution in [3.8, 4) is 0 Å². The number of hydrogen-bond donors (Lipinski definition) is 0. The van der Waals surface area contributed by atoms with Crippen molar-refractivity contribution >= 4 is 22.6 Å². The third kappa shape index (κ3) is 0.975. The minimum atomic E-state index is -0.409. The molecule has 0 spiro atoms. The van der Waals surface area contributed by atoms with Crippen molar-refractivity contribution < 1.29 is 4.39 Å². The lowest BCUT2D eigenvalue weighted by Gasteiger charge is -1.95. The third-order valence-corrected chi connectivity index (χ3v) is 2.06. The summed E-state index contributed by atoms with van der Waals surface area (Å²) < 4.78 is 14.7. The summed E-state index contributed by atoms with van der Waals surface area (Å²) in [6.07, 6.45) is 1.63. The van der Waals surface area contributed by atoms with Crippen LogP contribution in [0.5, 0.6) is 0 Å². The molecule has 0 fully saturated rings. The Morgan fingerprint density at radius 3 is 3.00 bits per heavy atom. The second kappa shape index (κ2) is 2.45. The maximum atomic E-state index is 12.9. The smallest absolute Gasteiger partial charge is 0.144 e. The van der Waals surface area contributed by atoms with Crippen LogP contribution in [0, 0.1) is 5.82 Å². The van der Waals surface area contributed by atoms with Gasteiger partial charge in [-0.05, 0) is 6.07 Å². The number of aryl methyl sites for hydroxylation is 1. The predicted molar refractivity (Wildman–Crippen MR) is 45.7 cm³/mol.